The van der Waals surface area contributed by atoms with Crippen molar-refractivity contribution in [1.29, 1.82) is 0 Å². The highest BCUT2D eigenvalue weighted by molar-refractivity contribution is 7.98. The van der Waals surface area contributed by atoms with Crippen LogP contribution < -0.4 is 0 Å². The molecular formula is C18H18N4O3S2. The quantitative estimate of drug-likeness (QED) is 0.476. The highest BCUT2D eigenvalue weighted by Crippen LogP contribution is 2.28. The first-order chi connectivity index (χ1) is 12.8. The summed E-state index contributed by atoms with van der Waals surface area (Å²) in [7, 11) is -0.501. The van der Waals surface area contributed by atoms with Crippen molar-refractivity contribution in [2.45, 2.75) is 22.8 Å². The summed E-state index contributed by atoms with van der Waals surface area (Å²) in [4.78, 5) is 9.24. The summed E-state index contributed by atoms with van der Waals surface area (Å²) in [5, 5.41) is 0.484. The molecule has 0 aliphatic heterocycles. The predicted octanol–water partition coefficient (Wildman–Crippen LogP) is 3.33. The monoisotopic (exact) mass is 402 g/mol. The summed E-state index contributed by atoms with van der Waals surface area (Å²) < 4.78 is 33.4. The molecule has 1 aromatic carbocycles. The number of aryl methyl sites for hydroxylation is 1. The molecule has 0 unspecified atom stereocenters. The van der Waals surface area contributed by atoms with Gasteiger partial charge in [0.05, 0.1) is 10.6 Å². The molecule has 0 aliphatic rings. The Kier molecular flexibility index (Phi) is 4.45. The first-order valence-corrected chi connectivity index (χ1v) is 10.7. The number of sulfonamides is 1. The lowest BCUT2D eigenvalue weighted by Crippen LogP contribution is -2.22. The van der Waals surface area contributed by atoms with Gasteiger partial charge in [-0.15, -0.1) is 0 Å². The number of thioether (sulfide) groups is 1. The van der Waals surface area contributed by atoms with Crippen molar-refractivity contribution in [3.63, 3.8) is 0 Å². The van der Waals surface area contributed by atoms with Gasteiger partial charge in [0.2, 0.25) is 10.0 Å². The van der Waals surface area contributed by atoms with E-state index in [1.165, 1.54) is 42.3 Å². The molecule has 0 amide bonds. The zero-order valence-electron chi connectivity index (χ0n) is 15.1. The minimum absolute atomic E-state index is 0.195. The number of aromatic nitrogens is 3. The van der Waals surface area contributed by atoms with Crippen molar-refractivity contribution < 1.29 is 12.8 Å². The van der Waals surface area contributed by atoms with Crippen molar-refractivity contribution in [1.82, 2.24) is 18.7 Å². The number of pyridine rings is 1. The molecule has 3 aromatic heterocycles. The maximum atomic E-state index is 12.3. The van der Waals surface area contributed by atoms with Gasteiger partial charge in [0.1, 0.15) is 11.2 Å². The lowest BCUT2D eigenvalue weighted by Gasteiger charge is -2.10. The molecule has 4 aromatic rings. The van der Waals surface area contributed by atoms with Crippen LogP contribution in [0.2, 0.25) is 0 Å². The van der Waals surface area contributed by atoms with E-state index in [9.17, 15) is 8.42 Å². The Labute approximate surface area is 161 Å². The van der Waals surface area contributed by atoms with Crippen LogP contribution in [-0.4, -0.2) is 41.2 Å². The fourth-order valence-electron chi connectivity index (χ4n) is 2.73. The molecule has 0 saturated carbocycles. The van der Waals surface area contributed by atoms with Crippen molar-refractivity contribution in [3.8, 4) is 0 Å². The molecule has 140 valence electrons. The highest BCUT2D eigenvalue weighted by atomic mass is 32.2. The first-order valence-electron chi connectivity index (χ1n) is 8.24. The van der Waals surface area contributed by atoms with Crippen LogP contribution in [0, 0.1) is 6.92 Å². The minimum Gasteiger partial charge on any atom is -0.431 e. The Morgan fingerprint density at radius 2 is 2.04 bits per heavy atom. The van der Waals surface area contributed by atoms with Gasteiger partial charge in [0.15, 0.2) is 5.58 Å². The van der Waals surface area contributed by atoms with E-state index in [1.807, 2.05) is 35.9 Å². The number of hydrogen-bond acceptors (Lipinski definition) is 6. The third kappa shape index (κ3) is 3.33. The van der Waals surface area contributed by atoms with Crippen LogP contribution in [0.25, 0.3) is 16.7 Å². The van der Waals surface area contributed by atoms with Gasteiger partial charge in [-0.05, 0) is 36.8 Å². The zero-order valence-corrected chi connectivity index (χ0v) is 16.7. The Morgan fingerprint density at radius 3 is 2.78 bits per heavy atom. The molecule has 3 heterocycles. The Hall–Kier alpha value is -2.36. The Balaban J connectivity index is 1.58. The average molecular weight is 403 g/mol. The topological polar surface area (TPSA) is 80.7 Å². The third-order valence-corrected chi connectivity index (χ3v) is 6.86. The fourth-order valence-corrected chi connectivity index (χ4v) is 4.37. The van der Waals surface area contributed by atoms with Gasteiger partial charge in [-0.2, -0.15) is 0 Å². The van der Waals surface area contributed by atoms with E-state index in [4.69, 9.17) is 4.42 Å². The number of oxazole rings is 1. The van der Waals surface area contributed by atoms with Gasteiger partial charge in [0, 0.05) is 32.2 Å². The molecule has 9 heteroatoms. The number of hydrogen-bond donors (Lipinski definition) is 0. The van der Waals surface area contributed by atoms with Crippen molar-refractivity contribution in [3.05, 3.63) is 54.0 Å². The molecule has 0 N–H and O–H groups in total. The second-order valence-electron chi connectivity index (χ2n) is 6.34. The second kappa shape index (κ2) is 6.66. The van der Waals surface area contributed by atoms with Gasteiger partial charge in [0.25, 0.3) is 5.22 Å². The maximum Gasteiger partial charge on any atom is 0.257 e. The molecule has 0 atom stereocenters. The van der Waals surface area contributed by atoms with Gasteiger partial charge in [-0.3, -0.25) is 0 Å². The molecular weight excluding hydrogens is 384 g/mol. The van der Waals surface area contributed by atoms with Crippen LogP contribution in [0.3, 0.4) is 0 Å². The van der Waals surface area contributed by atoms with E-state index in [2.05, 4.69) is 9.97 Å². The normalized spacial score (nSPS) is 12.4. The molecule has 0 bridgehead atoms. The van der Waals surface area contributed by atoms with Gasteiger partial charge < -0.3 is 8.82 Å². The number of benzene rings is 1. The Bertz CT molecular complexity index is 1240. The number of imidazole rings is 1. The van der Waals surface area contributed by atoms with Gasteiger partial charge in [-0.25, -0.2) is 22.7 Å². The second-order valence-corrected chi connectivity index (χ2v) is 9.42. The van der Waals surface area contributed by atoms with Gasteiger partial charge in [-0.1, -0.05) is 17.8 Å². The molecule has 27 heavy (non-hydrogen) atoms. The van der Waals surface area contributed by atoms with Gasteiger partial charge >= 0.3 is 0 Å². The van der Waals surface area contributed by atoms with Crippen molar-refractivity contribution in [2.75, 3.05) is 14.1 Å². The zero-order chi connectivity index (χ0) is 19.2. The van der Waals surface area contributed by atoms with Crippen LogP contribution in [0.4, 0.5) is 0 Å². The van der Waals surface area contributed by atoms with E-state index >= 15 is 0 Å². The number of fused-ring (bicyclic) bond motifs is 2. The smallest absolute Gasteiger partial charge is 0.257 e. The fraction of sp³-hybridized carbons (Fsp3) is 0.222. The molecule has 0 spiro atoms. The summed E-state index contributed by atoms with van der Waals surface area (Å²) in [5.74, 6) is 0.608. The summed E-state index contributed by atoms with van der Waals surface area (Å²) >= 11 is 1.43. The maximum absolute atomic E-state index is 12.3. The lowest BCUT2D eigenvalue weighted by molar-refractivity contribution is 0.489. The van der Waals surface area contributed by atoms with Crippen molar-refractivity contribution in [2.24, 2.45) is 0 Å². The lowest BCUT2D eigenvalue weighted by atomic mass is 10.3. The molecule has 7 nitrogen and oxygen atoms in total. The van der Waals surface area contributed by atoms with Crippen LogP contribution in [0.5, 0.6) is 0 Å². The molecule has 4 rings (SSSR count). The first kappa shape index (κ1) is 18.0. The average Bonchev–Trinajstić information content (AvgIpc) is 3.23. The van der Waals surface area contributed by atoms with E-state index in [0.717, 1.165) is 16.9 Å². The SMILES string of the molecule is Cc1cccn2cc(CSc3nc4cc(S(=O)(=O)N(C)C)ccc4o3)nc12. The summed E-state index contributed by atoms with van der Waals surface area (Å²) in [5.41, 5.74) is 4.05. The van der Waals surface area contributed by atoms with Crippen LogP contribution in [0.1, 0.15) is 11.3 Å². The molecule has 0 fully saturated rings. The Morgan fingerprint density at radius 1 is 1.22 bits per heavy atom. The summed E-state index contributed by atoms with van der Waals surface area (Å²) in [6, 6.07) is 8.71. The predicted molar refractivity (Wildman–Crippen MR) is 104 cm³/mol. The largest absolute Gasteiger partial charge is 0.431 e. The summed E-state index contributed by atoms with van der Waals surface area (Å²) in [6.07, 6.45) is 3.95. The number of nitrogens with zero attached hydrogens (tertiary/aromatic N) is 4. The van der Waals surface area contributed by atoms with Crippen LogP contribution in [0.15, 0.2) is 57.3 Å². The van der Waals surface area contributed by atoms with Crippen LogP contribution >= 0.6 is 11.8 Å². The minimum atomic E-state index is -3.50. The van der Waals surface area contributed by atoms with E-state index in [0.29, 0.717) is 22.1 Å². The van der Waals surface area contributed by atoms with Crippen molar-refractivity contribution >= 4 is 38.5 Å². The standard InChI is InChI=1S/C18H18N4O3S2/c1-12-5-4-8-22-10-13(19-17(12)22)11-26-18-20-15-9-14(6-7-16(15)25-18)27(23,24)21(2)3/h4-10H,11H2,1-3H3. The van der Waals surface area contributed by atoms with E-state index < -0.39 is 10.0 Å². The third-order valence-electron chi connectivity index (χ3n) is 4.19. The van der Waals surface area contributed by atoms with E-state index in [-0.39, 0.29) is 4.90 Å². The van der Waals surface area contributed by atoms with E-state index in [1.54, 1.807) is 6.07 Å². The van der Waals surface area contributed by atoms with Crippen LogP contribution in [-0.2, 0) is 15.8 Å². The summed E-state index contributed by atoms with van der Waals surface area (Å²) in [6.45, 7) is 2.03. The highest BCUT2D eigenvalue weighted by Gasteiger charge is 2.19. The molecule has 0 aliphatic carbocycles. The number of rotatable bonds is 5. The molecule has 0 saturated heterocycles. The molecule has 0 radical (unpaired) electrons.